The van der Waals surface area contributed by atoms with Gasteiger partial charge in [-0.3, -0.25) is 0 Å². The van der Waals surface area contributed by atoms with Gasteiger partial charge in [-0.05, 0) is 17.7 Å². The molecule has 1 N–H and O–H groups in total. The standard InChI is InChI=1S/C11H12N2O2/c1-2-9-7-15-13-10(9)5-8(1)11-6-12-3-4-14-11/h1-2,5,7,11-12H,3-4,6H2. The molecule has 1 unspecified atom stereocenters. The predicted molar refractivity (Wildman–Crippen MR) is 55.6 cm³/mol. The fourth-order valence-corrected chi connectivity index (χ4v) is 1.86. The minimum Gasteiger partial charge on any atom is -0.371 e. The number of aromatic nitrogens is 1. The lowest BCUT2D eigenvalue weighted by Crippen LogP contribution is -2.33. The third kappa shape index (κ3) is 1.62. The Kier molecular flexibility index (Phi) is 2.16. The van der Waals surface area contributed by atoms with Crippen molar-refractivity contribution in [3.63, 3.8) is 0 Å². The van der Waals surface area contributed by atoms with E-state index >= 15 is 0 Å². The van der Waals surface area contributed by atoms with E-state index < -0.39 is 0 Å². The second-order valence-corrected chi connectivity index (χ2v) is 3.70. The van der Waals surface area contributed by atoms with Gasteiger partial charge in [0.25, 0.3) is 0 Å². The first-order chi connectivity index (χ1) is 7.43. The van der Waals surface area contributed by atoms with E-state index in [1.165, 1.54) is 0 Å². The van der Waals surface area contributed by atoms with Gasteiger partial charge >= 0.3 is 0 Å². The van der Waals surface area contributed by atoms with E-state index in [9.17, 15) is 0 Å². The Balaban J connectivity index is 1.95. The molecular weight excluding hydrogens is 192 g/mol. The van der Waals surface area contributed by atoms with Gasteiger partial charge in [0.2, 0.25) is 0 Å². The predicted octanol–water partition coefficient (Wildman–Crippen LogP) is 1.49. The molecule has 1 aliphatic heterocycles. The molecule has 1 aromatic carbocycles. The molecule has 2 heterocycles. The van der Waals surface area contributed by atoms with Gasteiger partial charge in [0.05, 0.1) is 12.7 Å². The van der Waals surface area contributed by atoms with Crippen LogP contribution < -0.4 is 5.32 Å². The van der Waals surface area contributed by atoms with Crippen LogP contribution in [0.3, 0.4) is 0 Å². The highest BCUT2D eigenvalue weighted by Gasteiger charge is 2.16. The van der Waals surface area contributed by atoms with Crippen LogP contribution in [0.25, 0.3) is 10.9 Å². The summed E-state index contributed by atoms with van der Waals surface area (Å²) in [7, 11) is 0. The number of rotatable bonds is 1. The molecule has 1 aliphatic rings. The molecule has 0 amide bonds. The van der Waals surface area contributed by atoms with E-state index in [4.69, 9.17) is 9.26 Å². The number of benzene rings is 1. The largest absolute Gasteiger partial charge is 0.371 e. The van der Waals surface area contributed by atoms with Crippen LogP contribution in [0.15, 0.2) is 29.0 Å². The quantitative estimate of drug-likeness (QED) is 0.764. The fourth-order valence-electron chi connectivity index (χ4n) is 1.86. The van der Waals surface area contributed by atoms with Crippen molar-refractivity contribution in [1.82, 2.24) is 10.5 Å². The van der Waals surface area contributed by atoms with Crippen LogP contribution >= 0.6 is 0 Å². The van der Waals surface area contributed by atoms with Crippen LogP contribution in [0.1, 0.15) is 11.7 Å². The lowest BCUT2D eigenvalue weighted by atomic mass is 10.1. The molecular formula is C11H12N2O2. The second-order valence-electron chi connectivity index (χ2n) is 3.70. The van der Waals surface area contributed by atoms with Crippen LogP contribution in [0.5, 0.6) is 0 Å². The highest BCUT2D eigenvalue weighted by Crippen LogP contribution is 2.22. The van der Waals surface area contributed by atoms with Gasteiger partial charge in [-0.15, -0.1) is 0 Å². The van der Waals surface area contributed by atoms with Crippen LogP contribution in [0.4, 0.5) is 0 Å². The molecule has 15 heavy (non-hydrogen) atoms. The number of nitrogens with zero attached hydrogens (tertiary/aromatic N) is 1. The van der Waals surface area contributed by atoms with Crippen molar-refractivity contribution in [3.8, 4) is 0 Å². The van der Waals surface area contributed by atoms with E-state index in [0.717, 1.165) is 36.2 Å². The van der Waals surface area contributed by atoms with Crippen molar-refractivity contribution in [2.75, 3.05) is 19.7 Å². The van der Waals surface area contributed by atoms with Crippen LogP contribution in [0.2, 0.25) is 0 Å². The third-order valence-corrected chi connectivity index (χ3v) is 2.68. The number of fused-ring (bicyclic) bond motifs is 1. The normalized spacial score (nSPS) is 22.0. The van der Waals surface area contributed by atoms with Crippen LogP contribution in [0, 0.1) is 0 Å². The Morgan fingerprint density at radius 3 is 3.27 bits per heavy atom. The minimum atomic E-state index is 0.139. The number of ether oxygens (including phenoxy) is 1. The first kappa shape index (κ1) is 8.88. The van der Waals surface area contributed by atoms with Gasteiger partial charge in [-0.1, -0.05) is 11.2 Å². The highest BCUT2D eigenvalue weighted by atomic mass is 16.5. The summed E-state index contributed by atoms with van der Waals surface area (Å²) in [6.45, 7) is 2.56. The summed E-state index contributed by atoms with van der Waals surface area (Å²) in [6.07, 6.45) is 1.79. The molecule has 4 heteroatoms. The van der Waals surface area contributed by atoms with Crippen molar-refractivity contribution >= 4 is 10.9 Å². The maximum atomic E-state index is 5.67. The average molecular weight is 204 g/mol. The van der Waals surface area contributed by atoms with Crippen molar-refractivity contribution in [1.29, 1.82) is 0 Å². The molecule has 0 aliphatic carbocycles. The monoisotopic (exact) mass is 204 g/mol. The molecule has 1 atom stereocenters. The first-order valence-corrected chi connectivity index (χ1v) is 5.10. The number of morpholine rings is 1. The molecule has 1 saturated heterocycles. The van der Waals surface area contributed by atoms with E-state index in [0.29, 0.717) is 0 Å². The van der Waals surface area contributed by atoms with E-state index in [1.54, 1.807) is 6.26 Å². The summed E-state index contributed by atoms with van der Waals surface area (Å²) in [5.41, 5.74) is 2.05. The summed E-state index contributed by atoms with van der Waals surface area (Å²) in [5.74, 6) is 0. The zero-order chi connectivity index (χ0) is 10.1. The maximum Gasteiger partial charge on any atom is 0.131 e. The molecule has 2 aromatic rings. The minimum absolute atomic E-state index is 0.139. The summed E-state index contributed by atoms with van der Waals surface area (Å²) in [6, 6.07) is 6.10. The molecule has 1 fully saturated rings. The van der Waals surface area contributed by atoms with Crippen molar-refractivity contribution in [3.05, 3.63) is 30.0 Å². The van der Waals surface area contributed by atoms with Gasteiger partial charge < -0.3 is 14.6 Å². The Bertz CT molecular complexity index is 460. The van der Waals surface area contributed by atoms with E-state index in [2.05, 4.69) is 16.5 Å². The average Bonchev–Trinajstić information content (AvgIpc) is 2.77. The molecule has 4 nitrogen and oxygen atoms in total. The number of hydrogen-bond donors (Lipinski definition) is 1. The molecule has 0 saturated carbocycles. The lowest BCUT2D eigenvalue weighted by Gasteiger charge is -2.23. The summed E-state index contributed by atoms with van der Waals surface area (Å²) >= 11 is 0. The maximum absolute atomic E-state index is 5.67. The summed E-state index contributed by atoms with van der Waals surface area (Å²) in [5, 5.41) is 8.26. The third-order valence-electron chi connectivity index (χ3n) is 2.68. The molecule has 0 bridgehead atoms. The summed E-state index contributed by atoms with van der Waals surface area (Å²) in [4.78, 5) is 0. The van der Waals surface area contributed by atoms with Gasteiger partial charge in [-0.2, -0.15) is 0 Å². The van der Waals surface area contributed by atoms with Gasteiger partial charge in [-0.25, -0.2) is 0 Å². The number of nitrogens with one attached hydrogen (secondary N) is 1. The smallest absolute Gasteiger partial charge is 0.131 e. The highest BCUT2D eigenvalue weighted by molar-refractivity contribution is 5.77. The molecule has 3 rings (SSSR count). The van der Waals surface area contributed by atoms with Crippen molar-refractivity contribution in [2.45, 2.75) is 6.10 Å². The van der Waals surface area contributed by atoms with Gasteiger partial charge in [0.15, 0.2) is 0 Å². The van der Waals surface area contributed by atoms with E-state index in [-0.39, 0.29) is 6.10 Å². The molecule has 1 aromatic heterocycles. The second kappa shape index (κ2) is 3.64. The molecule has 78 valence electrons. The Morgan fingerprint density at radius 2 is 2.40 bits per heavy atom. The SMILES string of the molecule is c1cc2conc2cc1C1CNCCO1. The van der Waals surface area contributed by atoms with Crippen LogP contribution in [-0.2, 0) is 4.74 Å². The van der Waals surface area contributed by atoms with Gasteiger partial charge in [0, 0.05) is 18.5 Å². The summed E-state index contributed by atoms with van der Waals surface area (Å²) < 4.78 is 10.6. The Hall–Kier alpha value is -1.39. The zero-order valence-corrected chi connectivity index (χ0v) is 8.27. The number of hydrogen-bond acceptors (Lipinski definition) is 4. The first-order valence-electron chi connectivity index (χ1n) is 5.10. The van der Waals surface area contributed by atoms with Crippen molar-refractivity contribution < 1.29 is 9.26 Å². The van der Waals surface area contributed by atoms with E-state index in [1.807, 2.05) is 12.1 Å². The van der Waals surface area contributed by atoms with Crippen molar-refractivity contribution in [2.24, 2.45) is 0 Å². The molecule has 0 radical (unpaired) electrons. The fraction of sp³-hybridized carbons (Fsp3) is 0.364. The Labute approximate surface area is 87.2 Å². The zero-order valence-electron chi connectivity index (χ0n) is 8.27. The Morgan fingerprint density at radius 1 is 1.40 bits per heavy atom. The lowest BCUT2D eigenvalue weighted by molar-refractivity contribution is 0.0278. The molecule has 0 spiro atoms. The van der Waals surface area contributed by atoms with Gasteiger partial charge in [0.1, 0.15) is 11.8 Å². The van der Waals surface area contributed by atoms with Crippen LogP contribution in [-0.4, -0.2) is 24.9 Å². The topological polar surface area (TPSA) is 47.3 Å².